The number of carbonyl (C=O) groups excluding carboxylic acids is 1. The number of carbonyl (C=O) groups is 1. The van der Waals surface area contributed by atoms with Crippen LogP contribution in [0.15, 0.2) is 24.4 Å². The van der Waals surface area contributed by atoms with E-state index in [0.717, 1.165) is 12.1 Å². The zero-order valence-corrected chi connectivity index (χ0v) is 15.5. The van der Waals surface area contributed by atoms with Crippen LogP contribution in [0.4, 0.5) is 11.4 Å². The molecule has 0 spiro atoms. The van der Waals surface area contributed by atoms with E-state index in [0.29, 0.717) is 44.2 Å². The van der Waals surface area contributed by atoms with Gasteiger partial charge >= 0.3 is 5.97 Å². The van der Waals surface area contributed by atoms with Gasteiger partial charge in [-0.3, -0.25) is 0 Å². The van der Waals surface area contributed by atoms with Crippen LogP contribution in [-0.4, -0.2) is 59.5 Å². The van der Waals surface area contributed by atoms with Gasteiger partial charge in [0.2, 0.25) is 5.82 Å². The fourth-order valence-electron chi connectivity index (χ4n) is 2.72. The number of nitrogens with one attached hydrogen (secondary N) is 2. The van der Waals surface area contributed by atoms with E-state index in [1.54, 1.807) is 6.07 Å². The lowest BCUT2D eigenvalue weighted by Crippen LogP contribution is -2.37. The predicted molar refractivity (Wildman–Crippen MR) is 101 cm³/mol. The smallest absolute Gasteiger partial charge is 0.340 e. The van der Waals surface area contributed by atoms with E-state index in [-0.39, 0.29) is 17.4 Å². The summed E-state index contributed by atoms with van der Waals surface area (Å²) in [5, 5.41) is 25.6. The number of hydrogen-bond donors (Lipinski definition) is 2. The Bertz CT molecular complexity index is 868. The Balaban J connectivity index is 1.86. The van der Waals surface area contributed by atoms with E-state index in [1.165, 1.54) is 6.20 Å². The third-order valence-electron chi connectivity index (χ3n) is 4.10. The molecule has 0 unspecified atom stereocenters. The van der Waals surface area contributed by atoms with Crippen LogP contribution in [0.1, 0.15) is 29.5 Å². The molecule has 1 fully saturated rings. The lowest BCUT2D eigenvalue weighted by molar-refractivity contribution is 0.0505. The Morgan fingerprint density at radius 2 is 2.29 bits per heavy atom. The number of esters is 1. The standard InChI is InChI=1S/C18H21N7O3/c1-2-7-28-18(26)15-10-14(3-4-16(15)25-5-8-27-9-6-25)20-12-13(11-19)17-21-23-24-22-17/h3-4,10,12,20H,2,5-9H2,1H3,(H,21,22,23,24). The van der Waals surface area contributed by atoms with Crippen molar-refractivity contribution in [2.75, 3.05) is 43.1 Å². The van der Waals surface area contributed by atoms with E-state index < -0.39 is 0 Å². The Morgan fingerprint density at radius 3 is 2.96 bits per heavy atom. The van der Waals surface area contributed by atoms with Crippen molar-refractivity contribution < 1.29 is 14.3 Å². The largest absolute Gasteiger partial charge is 0.462 e. The van der Waals surface area contributed by atoms with Gasteiger partial charge in [0, 0.05) is 25.0 Å². The molecule has 10 heteroatoms. The normalized spacial score (nSPS) is 14.4. The summed E-state index contributed by atoms with van der Waals surface area (Å²) in [6.07, 6.45) is 2.21. The highest BCUT2D eigenvalue weighted by atomic mass is 16.5. The Morgan fingerprint density at radius 1 is 1.46 bits per heavy atom. The molecule has 0 atom stereocenters. The zero-order valence-electron chi connectivity index (χ0n) is 15.5. The Labute approximate surface area is 162 Å². The summed E-state index contributed by atoms with van der Waals surface area (Å²) in [6, 6.07) is 7.42. The molecule has 2 N–H and O–H groups in total. The molecule has 0 amide bonds. The Kier molecular flexibility index (Phi) is 6.54. The molecule has 10 nitrogen and oxygen atoms in total. The molecule has 0 radical (unpaired) electrons. The summed E-state index contributed by atoms with van der Waals surface area (Å²) in [6.45, 7) is 4.94. The van der Waals surface area contributed by atoms with Crippen molar-refractivity contribution in [3.63, 3.8) is 0 Å². The van der Waals surface area contributed by atoms with Crippen LogP contribution >= 0.6 is 0 Å². The van der Waals surface area contributed by atoms with Crippen LogP contribution in [0, 0.1) is 11.3 Å². The van der Waals surface area contributed by atoms with E-state index in [4.69, 9.17) is 9.47 Å². The number of aromatic amines is 1. The molecule has 2 aromatic rings. The SMILES string of the molecule is CCCOC(=O)c1cc(NC=C(C#N)c2nn[nH]n2)ccc1N1CCOCC1. The molecule has 3 rings (SSSR count). The second-order valence-electron chi connectivity index (χ2n) is 6.02. The molecule has 1 aliphatic rings. The fourth-order valence-corrected chi connectivity index (χ4v) is 2.72. The third-order valence-corrected chi connectivity index (χ3v) is 4.10. The number of aromatic nitrogens is 4. The van der Waals surface area contributed by atoms with Gasteiger partial charge in [0.15, 0.2) is 0 Å². The minimum absolute atomic E-state index is 0.183. The van der Waals surface area contributed by atoms with Crippen LogP contribution < -0.4 is 10.2 Å². The summed E-state index contributed by atoms with van der Waals surface area (Å²) in [5.74, 6) is -0.197. The van der Waals surface area contributed by atoms with E-state index in [9.17, 15) is 10.1 Å². The molecule has 1 aliphatic heterocycles. The number of tetrazole rings is 1. The third kappa shape index (κ3) is 4.63. The maximum atomic E-state index is 12.6. The van der Waals surface area contributed by atoms with Crippen LogP contribution in [-0.2, 0) is 9.47 Å². The van der Waals surface area contributed by atoms with Gasteiger partial charge in [-0.2, -0.15) is 10.5 Å². The summed E-state index contributed by atoms with van der Waals surface area (Å²) in [5.41, 5.74) is 2.11. The maximum absolute atomic E-state index is 12.6. The van der Waals surface area contributed by atoms with Crippen LogP contribution in [0.3, 0.4) is 0 Å². The first-order valence-electron chi connectivity index (χ1n) is 8.97. The number of H-pyrrole nitrogens is 1. The number of anilines is 2. The lowest BCUT2D eigenvalue weighted by atomic mass is 10.1. The number of allylic oxidation sites excluding steroid dienone is 1. The first kappa shape index (κ1) is 19.3. The second-order valence-corrected chi connectivity index (χ2v) is 6.02. The first-order valence-corrected chi connectivity index (χ1v) is 8.97. The topological polar surface area (TPSA) is 129 Å². The van der Waals surface area contributed by atoms with Crippen molar-refractivity contribution in [1.82, 2.24) is 20.6 Å². The first-order chi connectivity index (χ1) is 13.7. The molecule has 28 heavy (non-hydrogen) atoms. The van der Waals surface area contributed by atoms with Gasteiger partial charge in [-0.05, 0) is 29.8 Å². The highest BCUT2D eigenvalue weighted by Crippen LogP contribution is 2.26. The second kappa shape index (κ2) is 9.48. The monoisotopic (exact) mass is 383 g/mol. The number of nitriles is 1. The fraction of sp³-hybridized carbons (Fsp3) is 0.389. The predicted octanol–water partition coefficient (Wildman–Crippen LogP) is 1.58. The van der Waals surface area contributed by atoms with Gasteiger partial charge in [0.1, 0.15) is 11.6 Å². The average Bonchev–Trinajstić information content (AvgIpc) is 3.27. The summed E-state index contributed by atoms with van der Waals surface area (Å²) in [4.78, 5) is 14.7. The maximum Gasteiger partial charge on any atom is 0.340 e. The molecule has 146 valence electrons. The van der Waals surface area contributed by atoms with Gasteiger partial charge in [0.25, 0.3) is 0 Å². The molecule has 0 aliphatic carbocycles. The van der Waals surface area contributed by atoms with Crippen molar-refractivity contribution in [2.24, 2.45) is 0 Å². The van der Waals surface area contributed by atoms with Gasteiger partial charge in [-0.1, -0.05) is 6.92 Å². The minimum atomic E-state index is -0.380. The average molecular weight is 383 g/mol. The number of hydrogen-bond acceptors (Lipinski definition) is 9. The van der Waals surface area contributed by atoms with E-state index in [1.807, 2.05) is 25.1 Å². The Hall–Kier alpha value is -3.45. The molecule has 0 bridgehead atoms. The lowest BCUT2D eigenvalue weighted by Gasteiger charge is -2.30. The molecular weight excluding hydrogens is 362 g/mol. The van der Waals surface area contributed by atoms with Gasteiger partial charge in [-0.15, -0.1) is 10.2 Å². The van der Waals surface area contributed by atoms with Crippen molar-refractivity contribution in [1.29, 1.82) is 5.26 Å². The number of ether oxygens (including phenoxy) is 2. The highest BCUT2D eigenvalue weighted by molar-refractivity contribution is 5.97. The van der Waals surface area contributed by atoms with E-state index in [2.05, 4.69) is 30.8 Å². The molecular formula is C18H21N7O3. The summed E-state index contributed by atoms with van der Waals surface area (Å²) < 4.78 is 10.7. The molecule has 1 saturated heterocycles. The van der Waals surface area contributed by atoms with Crippen LogP contribution in [0.25, 0.3) is 5.57 Å². The minimum Gasteiger partial charge on any atom is -0.462 e. The molecule has 2 heterocycles. The quantitative estimate of drug-likeness (QED) is 0.540. The highest BCUT2D eigenvalue weighted by Gasteiger charge is 2.20. The van der Waals surface area contributed by atoms with Crippen LogP contribution in [0.5, 0.6) is 0 Å². The van der Waals surface area contributed by atoms with Gasteiger partial charge in [-0.25, -0.2) is 4.79 Å². The molecule has 0 saturated carbocycles. The van der Waals surface area contributed by atoms with Crippen LogP contribution in [0.2, 0.25) is 0 Å². The number of rotatable bonds is 7. The van der Waals surface area contributed by atoms with Crippen molar-refractivity contribution in [2.45, 2.75) is 13.3 Å². The number of nitrogens with zero attached hydrogens (tertiary/aromatic N) is 5. The van der Waals surface area contributed by atoms with Crippen molar-refractivity contribution in [3.8, 4) is 6.07 Å². The number of benzene rings is 1. The van der Waals surface area contributed by atoms with Gasteiger partial charge in [0.05, 0.1) is 31.1 Å². The van der Waals surface area contributed by atoms with Crippen molar-refractivity contribution in [3.05, 3.63) is 35.8 Å². The summed E-state index contributed by atoms with van der Waals surface area (Å²) >= 11 is 0. The van der Waals surface area contributed by atoms with Crippen molar-refractivity contribution >= 4 is 22.9 Å². The zero-order chi connectivity index (χ0) is 19.8. The van der Waals surface area contributed by atoms with E-state index >= 15 is 0 Å². The molecule has 1 aromatic carbocycles. The number of morpholine rings is 1. The van der Waals surface area contributed by atoms with Gasteiger partial charge < -0.3 is 19.7 Å². The summed E-state index contributed by atoms with van der Waals surface area (Å²) in [7, 11) is 0. The molecule has 1 aromatic heterocycles.